The summed E-state index contributed by atoms with van der Waals surface area (Å²) in [6.07, 6.45) is -1.82. The van der Waals surface area contributed by atoms with E-state index in [0.717, 1.165) is 6.42 Å². The van der Waals surface area contributed by atoms with E-state index in [0.29, 0.717) is 18.7 Å². The van der Waals surface area contributed by atoms with Gasteiger partial charge >= 0.3 is 6.18 Å². The monoisotopic (exact) mass is 232 g/mol. The third-order valence-electron chi connectivity index (χ3n) is 2.73. The Kier molecular flexibility index (Phi) is 2.73. The number of alkyl halides is 3. The molecule has 1 fully saturated rings. The molecule has 88 valence electrons. The van der Waals surface area contributed by atoms with Crippen molar-refractivity contribution in [1.82, 2.24) is 4.90 Å². The Morgan fingerprint density at radius 3 is 2.44 bits per heavy atom. The first-order chi connectivity index (χ1) is 7.48. The summed E-state index contributed by atoms with van der Waals surface area (Å²) in [7, 11) is 0. The van der Waals surface area contributed by atoms with Crippen LogP contribution < -0.4 is 0 Å². The SMILES string of the molecule is O=C1CCCN1C1=CN=C(C(F)(F)F)CC1. The van der Waals surface area contributed by atoms with Crippen molar-refractivity contribution in [1.29, 1.82) is 0 Å². The van der Waals surface area contributed by atoms with Gasteiger partial charge in [0.15, 0.2) is 0 Å². The molecule has 0 unspecified atom stereocenters. The van der Waals surface area contributed by atoms with Crippen molar-refractivity contribution in [2.75, 3.05) is 6.54 Å². The van der Waals surface area contributed by atoms with Gasteiger partial charge in [-0.2, -0.15) is 13.2 Å². The molecule has 0 spiro atoms. The molecule has 0 aromatic carbocycles. The fraction of sp³-hybridized carbons (Fsp3) is 0.600. The van der Waals surface area contributed by atoms with Crippen LogP contribution in [0.2, 0.25) is 0 Å². The van der Waals surface area contributed by atoms with Crippen molar-refractivity contribution >= 4 is 11.6 Å². The Bertz CT molecular complexity index is 371. The maximum absolute atomic E-state index is 12.3. The van der Waals surface area contributed by atoms with Crippen LogP contribution in [-0.4, -0.2) is 29.2 Å². The number of halogens is 3. The van der Waals surface area contributed by atoms with Crippen molar-refractivity contribution in [2.24, 2.45) is 4.99 Å². The molecule has 1 saturated heterocycles. The van der Waals surface area contributed by atoms with E-state index in [1.165, 1.54) is 11.1 Å². The van der Waals surface area contributed by atoms with E-state index in [2.05, 4.69) is 4.99 Å². The van der Waals surface area contributed by atoms with Crippen LogP contribution in [0.5, 0.6) is 0 Å². The zero-order chi connectivity index (χ0) is 11.8. The number of amides is 1. The fourth-order valence-corrected chi connectivity index (χ4v) is 1.90. The fourth-order valence-electron chi connectivity index (χ4n) is 1.90. The van der Waals surface area contributed by atoms with Gasteiger partial charge in [0.2, 0.25) is 5.91 Å². The summed E-state index contributed by atoms with van der Waals surface area (Å²) in [5.41, 5.74) is -0.154. The molecule has 0 saturated carbocycles. The van der Waals surface area contributed by atoms with E-state index in [-0.39, 0.29) is 18.7 Å². The summed E-state index contributed by atoms with van der Waals surface area (Å²) in [5.74, 6) is -0.0168. The first-order valence-corrected chi connectivity index (χ1v) is 5.12. The molecule has 0 radical (unpaired) electrons. The molecule has 0 atom stereocenters. The number of aliphatic imine (C=N–C) groups is 1. The van der Waals surface area contributed by atoms with Crippen molar-refractivity contribution in [3.8, 4) is 0 Å². The summed E-state index contributed by atoms with van der Waals surface area (Å²) < 4.78 is 36.8. The highest BCUT2D eigenvalue weighted by molar-refractivity contribution is 5.91. The van der Waals surface area contributed by atoms with E-state index >= 15 is 0 Å². The lowest BCUT2D eigenvalue weighted by Gasteiger charge is -2.22. The minimum atomic E-state index is -4.35. The molecule has 2 rings (SSSR count). The van der Waals surface area contributed by atoms with Crippen molar-refractivity contribution in [3.05, 3.63) is 11.9 Å². The molecule has 0 aliphatic carbocycles. The van der Waals surface area contributed by atoms with Crippen molar-refractivity contribution < 1.29 is 18.0 Å². The Labute approximate surface area is 90.6 Å². The van der Waals surface area contributed by atoms with E-state index in [9.17, 15) is 18.0 Å². The molecule has 16 heavy (non-hydrogen) atoms. The average Bonchev–Trinajstić information content (AvgIpc) is 2.63. The maximum atomic E-state index is 12.3. The number of carbonyl (C=O) groups is 1. The molecule has 0 aromatic heterocycles. The van der Waals surface area contributed by atoms with Crippen molar-refractivity contribution in [2.45, 2.75) is 31.9 Å². The summed E-state index contributed by atoms with van der Waals surface area (Å²) in [5, 5.41) is 0. The smallest absolute Gasteiger partial charge is 0.315 e. The normalized spacial score (nSPS) is 22.2. The highest BCUT2D eigenvalue weighted by atomic mass is 19.4. The van der Waals surface area contributed by atoms with E-state index in [4.69, 9.17) is 0 Å². The second-order valence-corrected chi connectivity index (χ2v) is 3.84. The molecule has 3 nitrogen and oxygen atoms in total. The lowest BCUT2D eigenvalue weighted by molar-refractivity contribution is -0.126. The molecule has 0 N–H and O–H groups in total. The van der Waals surface area contributed by atoms with Gasteiger partial charge in [-0.05, 0) is 12.8 Å². The summed E-state index contributed by atoms with van der Waals surface area (Å²) >= 11 is 0. The predicted octanol–water partition coefficient (Wildman–Crippen LogP) is 2.25. The molecule has 1 amide bonds. The number of hydrogen-bond donors (Lipinski definition) is 0. The highest BCUT2D eigenvalue weighted by Crippen LogP contribution is 2.28. The number of allylic oxidation sites excluding steroid dienone is 1. The Morgan fingerprint density at radius 1 is 1.25 bits per heavy atom. The molecule has 0 aromatic rings. The van der Waals surface area contributed by atoms with E-state index < -0.39 is 11.9 Å². The number of likely N-dealkylation sites (tertiary alicyclic amines) is 1. The largest absolute Gasteiger partial charge is 0.429 e. The number of nitrogens with zero attached hydrogens (tertiary/aromatic N) is 2. The highest BCUT2D eigenvalue weighted by Gasteiger charge is 2.37. The Morgan fingerprint density at radius 2 is 2.00 bits per heavy atom. The number of hydrogen-bond acceptors (Lipinski definition) is 2. The third-order valence-corrected chi connectivity index (χ3v) is 2.73. The lowest BCUT2D eigenvalue weighted by atomic mass is 10.1. The average molecular weight is 232 g/mol. The van der Waals surface area contributed by atoms with Gasteiger partial charge in [0, 0.05) is 31.3 Å². The van der Waals surface area contributed by atoms with Gasteiger partial charge < -0.3 is 4.90 Å². The molecule has 2 aliphatic heterocycles. The summed E-state index contributed by atoms with van der Waals surface area (Å²) in [4.78, 5) is 16.3. The predicted molar refractivity (Wildman–Crippen MR) is 51.8 cm³/mol. The van der Waals surface area contributed by atoms with Gasteiger partial charge in [-0.15, -0.1) is 0 Å². The Balaban J connectivity index is 2.13. The first kappa shape index (κ1) is 11.2. The lowest BCUT2D eigenvalue weighted by Crippen LogP contribution is -2.29. The minimum Gasteiger partial charge on any atom is -0.315 e. The zero-order valence-corrected chi connectivity index (χ0v) is 8.55. The summed E-state index contributed by atoms with van der Waals surface area (Å²) in [6.45, 7) is 0.599. The maximum Gasteiger partial charge on any atom is 0.429 e. The second-order valence-electron chi connectivity index (χ2n) is 3.84. The second kappa shape index (κ2) is 3.92. The molecule has 2 heterocycles. The topological polar surface area (TPSA) is 32.7 Å². The van der Waals surface area contributed by atoms with E-state index in [1.54, 1.807) is 0 Å². The van der Waals surface area contributed by atoms with Crippen LogP contribution in [0.3, 0.4) is 0 Å². The van der Waals surface area contributed by atoms with Gasteiger partial charge in [0.25, 0.3) is 0 Å². The van der Waals surface area contributed by atoms with Crippen LogP contribution in [0.4, 0.5) is 13.2 Å². The quantitative estimate of drug-likeness (QED) is 0.682. The molecule has 2 aliphatic rings. The van der Waals surface area contributed by atoms with Crippen LogP contribution in [0.1, 0.15) is 25.7 Å². The summed E-state index contributed by atoms with van der Waals surface area (Å²) in [6, 6.07) is 0. The van der Waals surface area contributed by atoms with E-state index in [1.807, 2.05) is 0 Å². The van der Waals surface area contributed by atoms with Gasteiger partial charge in [0.1, 0.15) is 5.71 Å². The molecular weight excluding hydrogens is 221 g/mol. The molecular formula is C10H11F3N2O. The number of carbonyl (C=O) groups excluding carboxylic acids is 1. The van der Waals surface area contributed by atoms with Crippen LogP contribution in [0, 0.1) is 0 Å². The van der Waals surface area contributed by atoms with Crippen molar-refractivity contribution in [3.63, 3.8) is 0 Å². The minimum absolute atomic E-state index is 0.0168. The van der Waals surface area contributed by atoms with Crippen LogP contribution in [0.25, 0.3) is 0 Å². The van der Waals surface area contributed by atoms with Gasteiger partial charge in [-0.1, -0.05) is 0 Å². The molecule has 6 heteroatoms. The van der Waals surface area contributed by atoms with Gasteiger partial charge in [0.05, 0.1) is 0 Å². The molecule has 0 bridgehead atoms. The van der Waals surface area contributed by atoms with Crippen LogP contribution in [-0.2, 0) is 4.79 Å². The third kappa shape index (κ3) is 2.10. The first-order valence-electron chi connectivity index (χ1n) is 5.12. The number of rotatable bonds is 1. The van der Waals surface area contributed by atoms with Crippen LogP contribution in [0.15, 0.2) is 16.9 Å². The Hall–Kier alpha value is -1.33. The van der Waals surface area contributed by atoms with Gasteiger partial charge in [-0.3, -0.25) is 9.79 Å². The van der Waals surface area contributed by atoms with Gasteiger partial charge in [-0.25, -0.2) is 0 Å². The zero-order valence-electron chi connectivity index (χ0n) is 8.55. The standard InChI is InChI=1S/C10H11F3N2O/c11-10(12,13)8-4-3-7(6-14-8)15-5-1-2-9(15)16/h6H,1-5H2. The van der Waals surface area contributed by atoms with Crippen LogP contribution >= 0.6 is 0 Å².